The van der Waals surface area contributed by atoms with Crippen molar-refractivity contribution in [2.75, 3.05) is 55.8 Å². The zero-order chi connectivity index (χ0) is 58.0. The second-order valence-corrected chi connectivity index (χ2v) is 22.6. The monoisotopic (exact) mass is 1170 g/mol. The van der Waals surface area contributed by atoms with E-state index in [1.165, 1.54) is 34.0 Å². The zero-order valence-corrected chi connectivity index (χ0v) is 47.4. The zero-order valence-electron chi connectivity index (χ0n) is 46.5. The molecule has 22 heteroatoms. The quantitative estimate of drug-likeness (QED) is 0.0411. The van der Waals surface area contributed by atoms with Crippen LogP contribution >= 0.6 is 7.82 Å². The maximum Gasteiger partial charge on any atom is 0.475 e. The maximum absolute atomic E-state index is 15.1. The molecule has 0 radical (unpaired) electrons. The number of piperazine rings is 1. The van der Waals surface area contributed by atoms with Gasteiger partial charge in [0.25, 0.3) is 0 Å². The van der Waals surface area contributed by atoms with Crippen LogP contribution in [0.3, 0.4) is 0 Å². The summed E-state index contributed by atoms with van der Waals surface area (Å²) in [4.78, 5) is 37.0. The van der Waals surface area contributed by atoms with E-state index in [1.807, 2.05) is 134 Å². The minimum Gasteiger partial charge on any atom is -0.493 e. The molecule has 3 fully saturated rings. The summed E-state index contributed by atoms with van der Waals surface area (Å²) in [6.07, 6.45) is 0.995. The number of benzene rings is 6. The van der Waals surface area contributed by atoms with Crippen LogP contribution in [0, 0.1) is 17.6 Å². The Kier molecular flexibility index (Phi) is 18.2. The third-order valence-electron chi connectivity index (χ3n) is 15.3. The number of aromatic nitrogens is 6. The lowest BCUT2D eigenvalue weighted by atomic mass is 9.87. The van der Waals surface area contributed by atoms with Crippen LogP contribution in [0.25, 0.3) is 5.69 Å². The van der Waals surface area contributed by atoms with Crippen LogP contribution in [0.4, 0.5) is 20.2 Å². The molecule has 0 amide bonds. The fourth-order valence-electron chi connectivity index (χ4n) is 10.9. The van der Waals surface area contributed by atoms with Gasteiger partial charge in [-0.25, -0.2) is 41.8 Å². The lowest BCUT2D eigenvalue weighted by molar-refractivity contribution is -0.165. The summed E-state index contributed by atoms with van der Waals surface area (Å²) in [6.45, 7) is 7.02. The summed E-state index contributed by atoms with van der Waals surface area (Å²) in [5.41, 5.74) is 3.64. The molecule has 3 aliphatic rings. The standard InChI is InChI=1S/C62H65F2N8O11P/c1-3-56(44(2)81-59(73)58-57(82-60(83-58)48-17-11-6-12-18-48)39-80-84(75,78-37-45-13-7-4-8-14-45)79-38-46-15-9-5-10-16-46)72-61(74)71(43-67-72)52-22-20-50(21-23-52)68-29-31-69(32-30-68)51-24-26-53(27-25-51)76-35-47-34-62(77-36-47,40-70-42-65-41-66-70)54-28-19-49(63)33-55(54)64/h4-28,33,41-44,47,56-58,60H,3,29-32,34-40H2,1-2H3/t44-,47+,56-,57?,58?,60?,62-/m0/s1. The SMILES string of the molecule is CC[C@@H]([C@H](C)OC(=O)C1OC(c2ccccc2)OC1COP(=O)(OCc1ccccc1)OCc1ccccc1)n1ncn(-c2ccc(N3CCN(c4ccc(OC[C@@H]5CO[C@@](Cn6cncn6)(c6ccc(F)cc6F)C5)cc4)CC3)cc2)c1=O. The third kappa shape index (κ3) is 13.7. The largest absolute Gasteiger partial charge is 0.493 e. The van der Waals surface area contributed by atoms with Crippen LogP contribution < -0.4 is 20.2 Å². The van der Waals surface area contributed by atoms with Gasteiger partial charge >= 0.3 is 19.5 Å². The van der Waals surface area contributed by atoms with Crippen LogP contribution in [0.15, 0.2) is 182 Å². The Morgan fingerprint density at radius 2 is 1.36 bits per heavy atom. The van der Waals surface area contributed by atoms with Crippen LogP contribution in [-0.4, -0.2) is 99.4 Å². The van der Waals surface area contributed by atoms with E-state index >= 15 is 4.39 Å². The number of hydrogen-bond acceptors (Lipinski definition) is 16. The minimum absolute atomic E-state index is 0.0531. The van der Waals surface area contributed by atoms with E-state index in [0.29, 0.717) is 43.1 Å². The highest BCUT2D eigenvalue weighted by molar-refractivity contribution is 7.48. The van der Waals surface area contributed by atoms with Crippen molar-refractivity contribution < 1.29 is 55.4 Å². The van der Waals surface area contributed by atoms with Crippen molar-refractivity contribution in [2.45, 2.75) is 82.7 Å². The summed E-state index contributed by atoms with van der Waals surface area (Å²) in [6, 6.07) is 46.1. The Bertz CT molecular complexity index is 3480. The van der Waals surface area contributed by atoms with Gasteiger partial charge in [-0.2, -0.15) is 10.2 Å². The second-order valence-electron chi connectivity index (χ2n) is 21.0. The molecule has 11 rings (SSSR count). The molecule has 2 aromatic heterocycles. The number of rotatable bonds is 24. The molecule has 0 saturated carbocycles. The maximum atomic E-state index is 15.1. The van der Waals surface area contributed by atoms with Crippen LogP contribution in [0.2, 0.25) is 0 Å². The van der Waals surface area contributed by atoms with Crippen molar-refractivity contribution in [1.82, 2.24) is 29.1 Å². The van der Waals surface area contributed by atoms with Gasteiger partial charge in [0.15, 0.2) is 12.4 Å². The Morgan fingerprint density at radius 3 is 1.96 bits per heavy atom. The lowest BCUT2D eigenvalue weighted by Gasteiger charge is -2.37. The van der Waals surface area contributed by atoms with Crippen molar-refractivity contribution in [3.8, 4) is 11.4 Å². The van der Waals surface area contributed by atoms with Gasteiger partial charge in [0.1, 0.15) is 54.2 Å². The van der Waals surface area contributed by atoms with Gasteiger partial charge in [-0.05, 0) is 85.5 Å². The topological polar surface area (TPSA) is 185 Å². The molecular weight excluding hydrogens is 1100 g/mol. The summed E-state index contributed by atoms with van der Waals surface area (Å²) in [5, 5.41) is 8.70. The smallest absolute Gasteiger partial charge is 0.475 e. The Labute approximate surface area is 484 Å². The first-order valence-electron chi connectivity index (χ1n) is 28.0. The predicted octanol–water partition coefficient (Wildman–Crippen LogP) is 10.2. The summed E-state index contributed by atoms with van der Waals surface area (Å²) in [5.74, 6) is -1.45. The van der Waals surface area contributed by atoms with E-state index in [-0.39, 0.29) is 31.2 Å². The summed E-state index contributed by atoms with van der Waals surface area (Å²) >= 11 is 0. The molecule has 19 nitrogen and oxygen atoms in total. The first-order chi connectivity index (χ1) is 40.9. The molecule has 3 unspecified atom stereocenters. The first kappa shape index (κ1) is 57.9. The Hall–Kier alpha value is -7.88. The van der Waals surface area contributed by atoms with E-state index in [4.69, 9.17) is 37.3 Å². The minimum atomic E-state index is -4.27. The van der Waals surface area contributed by atoms with Crippen molar-refractivity contribution in [3.63, 3.8) is 0 Å². The molecule has 3 aliphatic heterocycles. The van der Waals surface area contributed by atoms with E-state index < -0.39 is 74.0 Å². The van der Waals surface area contributed by atoms with Gasteiger partial charge < -0.3 is 33.5 Å². The van der Waals surface area contributed by atoms with E-state index in [0.717, 1.165) is 54.7 Å². The number of carbonyl (C=O) groups is 1. The van der Waals surface area contributed by atoms with Crippen molar-refractivity contribution >= 4 is 25.2 Å². The molecule has 6 aromatic carbocycles. The number of nitrogens with zero attached hydrogens (tertiary/aromatic N) is 8. The number of anilines is 2. The van der Waals surface area contributed by atoms with Gasteiger partial charge in [0.2, 0.25) is 0 Å². The number of phosphoric acid groups is 1. The molecule has 0 bridgehead atoms. The number of phosphoric ester groups is 1. The van der Waals surface area contributed by atoms with Crippen LogP contribution in [0.1, 0.15) is 61.3 Å². The van der Waals surface area contributed by atoms with Gasteiger partial charge in [-0.15, -0.1) is 0 Å². The average Bonchev–Trinajstić information content (AvgIpc) is 4.08. The number of esters is 1. The predicted molar refractivity (Wildman–Crippen MR) is 306 cm³/mol. The molecular formula is C62H65F2N8O11P. The van der Waals surface area contributed by atoms with Gasteiger partial charge in [-0.1, -0.05) is 104 Å². The molecule has 0 spiro atoms. The highest BCUT2D eigenvalue weighted by atomic mass is 31.2. The number of halogens is 2. The molecule has 7 atom stereocenters. The fourth-order valence-corrected chi connectivity index (χ4v) is 12.0. The number of hydrogen-bond donors (Lipinski definition) is 0. The molecule has 8 aromatic rings. The Balaban J connectivity index is 0.681. The van der Waals surface area contributed by atoms with Crippen LogP contribution in [-0.2, 0) is 67.2 Å². The summed E-state index contributed by atoms with van der Waals surface area (Å²) in [7, 11) is -4.27. The lowest BCUT2D eigenvalue weighted by Crippen LogP contribution is -2.46. The van der Waals surface area contributed by atoms with Crippen LogP contribution in [0.5, 0.6) is 5.75 Å². The van der Waals surface area contributed by atoms with Gasteiger partial charge in [0.05, 0.1) is 51.3 Å². The molecule has 0 N–H and O–H groups in total. The van der Waals surface area contributed by atoms with Crippen molar-refractivity contribution in [3.05, 3.63) is 221 Å². The highest BCUT2D eigenvalue weighted by Gasteiger charge is 2.47. The third-order valence-corrected chi connectivity index (χ3v) is 16.7. The highest BCUT2D eigenvalue weighted by Crippen LogP contribution is 2.52. The number of carbonyl (C=O) groups excluding carboxylic acids is 1. The molecule has 84 heavy (non-hydrogen) atoms. The van der Waals surface area contributed by atoms with Gasteiger partial charge in [-0.3, -0.25) is 13.6 Å². The second kappa shape index (κ2) is 26.4. The average molecular weight is 1170 g/mol. The van der Waals surface area contributed by atoms with Crippen molar-refractivity contribution in [2.24, 2.45) is 5.92 Å². The fraction of sp³-hybridized carbons (Fsp3) is 0.339. The van der Waals surface area contributed by atoms with E-state index in [1.54, 1.807) is 30.1 Å². The molecule has 0 aliphatic carbocycles. The number of ether oxygens (including phenoxy) is 5. The van der Waals surface area contributed by atoms with Crippen molar-refractivity contribution in [1.29, 1.82) is 0 Å². The first-order valence-corrected chi connectivity index (χ1v) is 29.5. The van der Waals surface area contributed by atoms with E-state index in [2.05, 4.69) is 25.0 Å². The molecule has 438 valence electrons. The molecule has 5 heterocycles. The normalized spacial score (nSPS) is 20.7. The van der Waals surface area contributed by atoms with E-state index in [9.17, 15) is 18.5 Å². The molecule has 3 saturated heterocycles. The Morgan fingerprint density at radius 1 is 0.738 bits per heavy atom. The summed E-state index contributed by atoms with van der Waals surface area (Å²) < 4.78 is 96.4. The van der Waals surface area contributed by atoms with Gasteiger partial charge in [0, 0.05) is 60.7 Å².